The molecule has 0 spiro atoms. The van der Waals surface area contributed by atoms with Crippen molar-refractivity contribution >= 4 is 26.7 Å². The predicted molar refractivity (Wildman–Crippen MR) is 71.8 cm³/mol. The van der Waals surface area contributed by atoms with E-state index < -0.39 is 0 Å². The number of hydrogen-bond acceptors (Lipinski definition) is 4. The summed E-state index contributed by atoms with van der Waals surface area (Å²) in [6, 6.07) is 6.31. The normalized spacial score (nSPS) is 19.9. The molecule has 4 heteroatoms. The van der Waals surface area contributed by atoms with Crippen molar-refractivity contribution in [1.29, 1.82) is 0 Å². The van der Waals surface area contributed by atoms with E-state index in [2.05, 4.69) is 35.4 Å². The van der Waals surface area contributed by atoms with Crippen molar-refractivity contribution in [2.24, 2.45) is 0 Å². The number of nitrogens with zero attached hydrogens (tertiary/aromatic N) is 1. The van der Waals surface area contributed by atoms with E-state index >= 15 is 0 Å². The van der Waals surface area contributed by atoms with Crippen LogP contribution in [0.1, 0.15) is 18.4 Å². The smallest absolute Gasteiger partial charge is 0.183 e. The number of ether oxygens (including phenoxy) is 1. The minimum Gasteiger partial charge on any atom is -0.376 e. The molecule has 1 aliphatic heterocycles. The van der Waals surface area contributed by atoms with Crippen LogP contribution in [-0.4, -0.2) is 24.2 Å². The number of anilines is 1. The third-order valence-corrected chi connectivity index (χ3v) is 4.10. The molecule has 90 valence electrons. The van der Waals surface area contributed by atoms with Crippen molar-refractivity contribution in [3.8, 4) is 0 Å². The molecule has 1 atom stereocenters. The number of para-hydroxylation sites is 1. The first-order valence-corrected chi connectivity index (χ1v) is 6.86. The molecule has 0 amide bonds. The Morgan fingerprint density at radius 1 is 1.53 bits per heavy atom. The minimum absolute atomic E-state index is 0.364. The number of aromatic nitrogens is 1. The fourth-order valence-electron chi connectivity index (χ4n) is 2.17. The van der Waals surface area contributed by atoms with E-state index in [0.717, 1.165) is 30.2 Å². The molecule has 1 aromatic heterocycles. The zero-order valence-electron chi connectivity index (χ0n) is 9.90. The molecule has 0 aliphatic carbocycles. The van der Waals surface area contributed by atoms with Gasteiger partial charge >= 0.3 is 0 Å². The molecule has 1 unspecified atom stereocenters. The second-order valence-corrected chi connectivity index (χ2v) is 5.49. The van der Waals surface area contributed by atoms with Crippen LogP contribution in [0.15, 0.2) is 18.2 Å². The fourth-order valence-corrected chi connectivity index (χ4v) is 3.12. The van der Waals surface area contributed by atoms with Gasteiger partial charge in [-0.3, -0.25) is 0 Å². The van der Waals surface area contributed by atoms with E-state index in [9.17, 15) is 0 Å². The second kappa shape index (κ2) is 4.63. The van der Waals surface area contributed by atoms with Crippen LogP contribution >= 0.6 is 11.3 Å². The molecular weight excluding hydrogens is 232 g/mol. The summed E-state index contributed by atoms with van der Waals surface area (Å²) in [6.07, 6.45) is 2.71. The van der Waals surface area contributed by atoms with E-state index in [1.54, 1.807) is 11.3 Å². The highest BCUT2D eigenvalue weighted by atomic mass is 32.1. The fraction of sp³-hybridized carbons (Fsp3) is 0.462. The molecule has 1 aliphatic rings. The zero-order valence-corrected chi connectivity index (χ0v) is 10.7. The molecule has 1 fully saturated rings. The number of nitrogens with one attached hydrogen (secondary N) is 1. The number of hydrogen-bond donors (Lipinski definition) is 1. The van der Waals surface area contributed by atoms with Crippen LogP contribution in [0.3, 0.4) is 0 Å². The minimum atomic E-state index is 0.364. The molecule has 1 aromatic carbocycles. The Balaban J connectivity index is 1.74. The van der Waals surface area contributed by atoms with E-state index in [1.807, 2.05) is 0 Å². The van der Waals surface area contributed by atoms with Gasteiger partial charge in [0.05, 0.1) is 16.3 Å². The van der Waals surface area contributed by atoms with Gasteiger partial charge in [0.2, 0.25) is 0 Å². The molecule has 17 heavy (non-hydrogen) atoms. The monoisotopic (exact) mass is 248 g/mol. The Morgan fingerprint density at radius 2 is 2.47 bits per heavy atom. The van der Waals surface area contributed by atoms with E-state index in [4.69, 9.17) is 4.74 Å². The average molecular weight is 248 g/mol. The van der Waals surface area contributed by atoms with Crippen LogP contribution in [0.25, 0.3) is 10.2 Å². The summed E-state index contributed by atoms with van der Waals surface area (Å²) in [5, 5.41) is 4.39. The van der Waals surface area contributed by atoms with Crippen molar-refractivity contribution in [1.82, 2.24) is 4.98 Å². The molecule has 2 heterocycles. The van der Waals surface area contributed by atoms with Gasteiger partial charge in [0.1, 0.15) is 0 Å². The lowest BCUT2D eigenvalue weighted by Gasteiger charge is -2.08. The van der Waals surface area contributed by atoms with Crippen LogP contribution < -0.4 is 5.32 Å². The Kier molecular flexibility index (Phi) is 2.99. The standard InChI is InChI=1S/C13H16N2OS/c1-9-4-2-6-11-12(9)15-13(17-11)14-8-10-5-3-7-16-10/h2,4,6,10H,3,5,7-8H2,1H3,(H,14,15). The van der Waals surface area contributed by atoms with Gasteiger partial charge in [-0.05, 0) is 31.4 Å². The molecule has 0 bridgehead atoms. The summed E-state index contributed by atoms with van der Waals surface area (Å²) in [6.45, 7) is 3.89. The zero-order chi connectivity index (χ0) is 11.7. The number of thiazole rings is 1. The van der Waals surface area contributed by atoms with Crippen LogP contribution in [-0.2, 0) is 4.74 Å². The highest BCUT2D eigenvalue weighted by Crippen LogP contribution is 2.28. The Morgan fingerprint density at radius 3 is 3.24 bits per heavy atom. The third kappa shape index (κ3) is 2.28. The van der Waals surface area contributed by atoms with Gasteiger partial charge in [0, 0.05) is 13.2 Å². The molecule has 0 saturated carbocycles. The van der Waals surface area contributed by atoms with Crippen molar-refractivity contribution in [2.75, 3.05) is 18.5 Å². The largest absolute Gasteiger partial charge is 0.376 e. The average Bonchev–Trinajstić information content (AvgIpc) is 2.95. The summed E-state index contributed by atoms with van der Waals surface area (Å²) < 4.78 is 6.84. The first-order chi connectivity index (χ1) is 8.33. The van der Waals surface area contributed by atoms with Gasteiger partial charge < -0.3 is 10.1 Å². The molecule has 1 N–H and O–H groups in total. The van der Waals surface area contributed by atoms with Crippen LogP contribution in [0, 0.1) is 6.92 Å². The van der Waals surface area contributed by atoms with Gasteiger partial charge in [-0.1, -0.05) is 23.5 Å². The topological polar surface area (TPSA) is 34.1 Å². The van der Waals surface area contributed by atoms with Gasteiger partial charge in [-0.25, -0.2) is 4.98 Å². The maximum Gasteiger partial charge on any atom is 0.183 e. The van der Waals surface area contributed by atoms with Crippen molar-refractivity contribution in [2.45, 2.75) is 25.9 Å². The predicted octanol–water partition coefficient (Wildman–Crippen LogP) is 3.20. The van der Waals surface area contributed by atoms with Gasteiger partial charge in [-0.15, -0.1) is 0 Å². The van der Waals surface area contributed by atoms with E-state index in [-0.39, 0.29) is 0 Å². The molecule has 2 aromatic rings. The lowest BCUT2D eigenvalue weighted by atomic mass is 10.2. The summed E-state index contributed by atoms with van der Waals surface area (Å²) in [4.78, 5) is 4.63. The number of aryl methyl sites for hydroxylation is 1. The Hall–Kier alpha value is -1.13. The maximum absolute atomic E-state index is 5.59. The van der Waals surface area contributed by atoms with Crippen LogP contribution in [0.5, 0.6) is 0 Å². The van der Waals surface area contributed by atoms with E-state index in [0.29, 0.717) is 6.10 Å². The summed E-state index contributed by atoms with van der Waals surface area (Å²) in [7, 11) is 0. The third-order valence-electron chi connectivity index (χ3n) is 3.13. The lowest BCUT2D eigenvalue weighted by molar-refractivity contribution is 0.120. The first-order valence-electron chi connectivity index (χ1n) is 6.04. The quantitative estimate of drug-likeness (QED) is 0.905. The molecule has 3 rings (SSSR count). The van der Waals surface area contributed by atoms with Crippen molar-refractivity contribution < 1.29 is 4.74 Å². The number of benzene rings is 1. The summed E-state index contributed by atoms with van der Waals surface area (Å²) >= 11 is 1.72. The molecule has 1 saturated heterocycles. The lowest BCUT2D eigenvalue weighted by Crippen LogP contribution is -2.18. The van der Waals surface area contributed by atoms with E-state index in [1.165, 1.54) is 16.7 Å². The maximum atomic E-state index is 5.59. The van der Waals surface area contributed by atoms with Crippen molar-refractivity contribution in [3.63, 3.8) is 0 Å². The first kappa shape index (κ1) is 11.0. The van der Waals surface area contributed by atoms with Crippen LogP contribution in [0.4, 0.5) is 5.13 Å². The highest BCUT2D eigenvalue weighted by molar-refractivity contribution is 7.22. The van der Waals surface area contributed by atoms with Gasteiger partial charge in [0.15, 0.2) is 5.13 Å². The second-order valence-electron chi connectivity index (χ2n) is 4.46. The highest BCUT2D eigenvalue weighted by Gasteiger charge is 2.15. The Bertz CT molecular complexity index is 517. The summed E-state index contributed by atoms with van der Waals surface area (Å²) in [5.74, 6) is 0. The molecule has 3 nitrogen and oxygen atoms in total. The number of rotatable bonds is 3. The van der Waals surface area contributed by atoms with Crippen LogP contribution in [0.2, 0.25) is 0 Å². The molecule has 0 radical (unpaired) electrons. The summed E-state index contributed by atoms with van der Waals surface area (Å²) in [5.41, 5.74) is 2.36. The van der Waals surface area contributed by atoms with Crippen molar-refractivity contribution in [3.05, 3.63) is 23.8 Å². The molecular formula is C13H16N2OS. The number of fused-ring (bicyclic) bond motifs is 1. The van der Waals surface area contributed by atoms with Gasteiger partial charge in [0.25, 0.3) is 0 Å². The SMILES string of the molecule is Cc1cccc2sc(NCC3CCCO3)nc12. The Labute approximate surface area is 105 Å². The van der Waals surface area contributed by atoms with Gasteiger partial charge in [-0.2, -0.15) is 0 Å².